The summed E-state index contributed by atoms with van der Waals surface area (Å²) in [7, 11) is -0.524. The summed E-state index contributed by atoms with van der Waals surface area (Å²) in [4.78, 5) is 5.08. The SMILES string of the molecule is FC(F)(F)c1cccc([S+]2c3ccccc3Sc3ccccc32)c1. The van der Waals surface area contributed by atoms with Crippen LogP contribution in [0.4, 0.5) is 13.2 Å². The molecule has 0 aliphatic carbocycles. The first-order chi connectivity index (χ1) is 11.5. The minimum absolute atomic E-state index is 0.524. The molecule has 4 rings (SSSR count). The molecule has 1 aliphatic rings. The zero-order chi connectivity index (χ0) is 16.7. The van der Waals surface area contributed by atoms with Gasteiger partial charge in [-0.3, -0.25) is 0 Å². The molecule has 1 aliphatic heterocycles. The van der Waals surface area contributed by atoms with Crippen LogP contribution in [0.5, 0.6) is 0 Å². The quantitative estimate of drug-likeness (QED) is 0.360. The Labute approximate surface area is 145 Å². The molecule has 0 spiro atoms. The fraction of sp³-hybridized carbons (Fsp3) is 0.0526. The molecule has 0 amide bonds. The first-order valence-electron chi connectivity index (χ1n) is 7.31. The van der Waals surface area contributed by atoms with Gasteiger partial charge < -0.3 is 0 Å². The summed E-state index contributed by atoms with van der Waals surface area (Å²) >= 11 is 1.68. The fourth-order valence-electron chi connectivity index (χ4n) is 2.70. The molecule has 3 aromatic carbocycles. The number of benzene rings is 3. The second-order valence-electron chi connectivity index (χ2n) is 5.33. The van der Waals surface area contributed by atoms with Crippen LogP contribution in [-0.2, 0) is 17.1 Å². The molecule has 0 fully saturated rings. The lowest BCUT2D eigenvalue weighted by Crippen LogP contribution is -2.12. The molecule has 1 heterocycles. The Bertz CT molecular complexity index is 857. The maximum atomic E-state index is 13.1. The lowest BCUT2D eigenvalue weighted by molar-refractivity contribution is -0.137. The first-order valence-corrected chi connectivity index (χ1v) is 9.35. The van der Waals surface area contributed by atoms with E-state index in [1.165, 1.54) is 12.1 Å². The van der Waals surface area contributed by atoms with Gasteiger partial charge in [0.2, 0.25) is 0 Å². The Morgan fingerprint density at radius 3 is 1.88 bits per heavy atom. The maximum Gasteiger partial charge on any atom is 0.416 e. The summed E-state index contributed by atoms with van der Waals surface area (Å²) in [5, 5.41) is 0. The van der Waals surface area contributed by atoms with Gasteiger partial charge in [0.05, 0.1) is 15.4 Å². The van der Waals surface area contributed by atoms with Crippen LogP contribution in [0.2, 0.25) is 0 Å². The summed E-state index contributed by atoms with van der Waals surface area (Å²) < 4.78 is 39.4. The highest BCUT2D eigenvalue weighted by Gasteiger charge is 2.39. The van der Waals surface area contributed by atoms with Crippen LogP contribution < -0.4 is 0 Å². The van der Waals surface area contributed by atoms with Gasteiger partial charge >= 0.3 is 6.18 Å². The Hall–Kier alpha value is -1.85. The Balaban J connectivity index is 1.92. The summed E-state index contributed by atoms with van der Waals surface area (Å²) in [5.41, 5.74) is -0.597. The fourth-order valence-corrected chi connectivity index (χ4v) is 6.49. The molecule has 0 saturated carbocycles. The number of alkyl halides is 3. The normalized spacial score (nSPS) is 14.1. The van der Waals surface area contributed by atoms with E-state index in [1.54, 1.807) is 17.8 Å². The van der Waals surface area contributed by atoms with Gasteiger partial charge in [0.15, 0.2) is 14.7 Å². The van der Waals surface area contributed by atoms with Crippen molar-refractivity contribution in [1.29, 1.82) is 0 Å². The topological polar surface area (TPSA) is 0 Å². The largest absolute Gasteiger partial charge is 0.416 e. The van der Waals surface area contributed by atoms with Crippen molar-refractivity contribution in [2.24, 2.45) is 0 Å². The van der Waals surface area contributed by atoms with E-state index in [1.807, 2.05) is 48.5 Å². The van der Waals surface area contributed by atoms with Crippen molar-refractivity contribution < 1.29 is 13.2 Å². The molecule has 0 aromatic heterocycles. The van der Waals surface area contributed by atoms with Crippen molar-refractivity contribution in [1.82, 2.24) is 0 Å². The predicted molar refractivity (Wildman–Crippen MR) is 90.6 cm³/mol. The number of hydrogen-bond acceptors (Lipinski definition) is 1. The van der Waals surface area contributed by atoms with Crippen LogP contribution in [0.15, 0.2) is 97.3 Å². The third kappa shape index (κ3) is 2.72. The molecule has 120 valence electrons. The van der Waals surface area contributed by atoms with E-state index in [-0.39, 0.29) is 0 Å². The molecule has 24 heavy (non-hydrogen) atoms. The van der Waals surface area contributed by atoms with Gasteiger partial charge in [-0.25, -0.2) is 0 Å². The first kappa shape index (κ1) is 15.7. The Morgan fingerprint density at radius 2 is 1.29 bits per heavy atom. The lowest BCUT2D eigenvalue weighted by Gasteiger charge is -2.19. The maximum absolute atomic E-state index is 13.1. The molecular weight excluding hydrogens is 349 g/mol. The van der Waals surface area contributed by atoms with Crippen LogP contribution in [0.25, 0.3) is 0 Å². The highest BCUT2D eigenvalue weighted by Crippen LogP contribution is 2.48. The Morgan fingerprint density at radius 1 is 0.708 bits per heavy atom. The molecule has 0 atom stereocenters. The molecule has 0 nitrogen and oxygen atoms in total. The number of halogens is 3. The van der Waals surface area contributed by atoms with Gasteiger partial charge in [0.25, 0.3) is 0 Å². The number of fused-ring (bicyclic) bond motifs is 2. The van der Waals surface area contributed by atoms with E-state index < -0.39 is 22.6 Å². The highest BCUT2D eigenvalue weighted by atomic mass is 32.2. The minimum atomic E-state index is -4.33. The van der Waals surface area contributed by atoms with Gasteiger partial charge in [-0.05, 0) is 36.4 Å². The van der Waals surface area contributed by atoms with Crippen molar-refractivity contribution in [3.05, 3.63) is 78.4 Å². The van der Waals surface area contributed by atoms with Gasteiger partial charge in [0, 0.05) is 6.07 Å². The molecule has 0 saturated heterocycles. The van der Waals surface area contributed by atoms with E-state index in [2.05, 4.69) is 0 Å². The van der Waals surface area contributed by atoms with Crippen LogP contribution in [0, 0.1) is 0 Å². The van der Waals surface area contributed by atoms with Crippen LogP contribution in [0.3, 0.4) is 0 Å². The van der Waals surface area contributed by atoms with Crippen LogP contribution in [-0.4, -0.2) is 0 Å². The summed E-state index contributed by atoms with van der Waals surface area (Å²) in [5.74, 6) is 0. The molecular formula is C19H12F3S2+. The summed E-state index contributed by atoms with van der Waals surface area (Å²) in [6.07, 6.45) is -4.33. The number of hydrogen-bond donors (Lipinski definition) is 0. The smallest absolute Gasteiger partial charge is 0.166 e. The monoisotopic (exact) mass is 361 g/mol. The molecule has 0 N–H and O–H groups in total. The van der Waals surface area contributed by atoms with Gasteiger partial charge in [-0.1, -0.05) is 42.1 Å². The van der Waals surface area contributed by atoms with Gasteiger partial charge in [-0.15, -0.1) is 0 Å². The predicted octanol–water partition coefficient (Wildman–Crippen LogP) is 6.27. The zero-order valence-electron chi connectivity index (χ0n) is 12.4. The van der Waals surface area contributed by atoms with Crippen molar-refractivity contribution in [2.75, 3.05) is 0 Å². The second-order valence-corrected chi connectivity index (χ2v) is 8.37. The van der Waals surface area contributed by atoms with Crippen molar-refractivity contribution in [2.45, 2.75) is 30.7 Å². The average molecular weight is 361 g/mol. The molecule has 0 unspecified atom stereocenters. The zero-order valence-corrected chi connectivity index (χ0v) is 14.0. The van der Waals surface area contributed by atoms with Crippen molar-refractivity contribution in [3.63, 3.8) is 0 Å². The third-order valence-corrected chi connectivity index (χ3v) is 7.48. The summed E-state index contributed by atoms with van der Waals surface area (Å²) in [6.45, 7) is 0. The van der Waals surface area contributed by atoms with E-state index in [4.69, 9.17) is 0 Å². The minimum Gasteiger partial charge on any atom is -0.166 e. The molecule has 0 radical (unpaired) electrons. The standard InChI is InChI=1S/C19H12F3S2/c20-19(21,22)13-6-5-7-14(12-13)24-17-10-3-1-8-15(17)23-16-9-2-4-11-18(16)24/h1-12H/q+1. The van der Waals surface area contributed by atoms with Gasteiger partial charge in [0.1, 0.15) is 10.9 Å². The van der Waals surface area contributed by atoms with E-state index in [0.29, 0.717) is 4.90 Å². The van der Waals surface area contributed by atoms with Gasteiger partial charge in [-0.2, -0.15) is 13.2 Å². The third-order valence-electron chi connectivity index (χ3n) is 3.76. The average Bonchev–Trinajstić information content (AvgIpc) is 2.59. The lowest BCUT2D eigenvalue weighted by atomic mass is 10.2. The Kier molecular flexibility index (Phi) is 3.85. The second kappa shape index (κ2) is 5.90. The van der Waals surface area contributed by atoms with Crippen LogP contribution in [0.1, 0.15) is 5.56 Å². The molecule has 5 heteroatoms. The molecule has 3 aromatic rings. The van der Waals surface area contributed by atoms with Crippen LogP contribution >= 0.6 is 11.8 Å². The highest BCUT2D eigenvalue weighted by molar-refractivity contribution is 8.04. The van der Waals surface area contributed by atoms with Crippen molar-refractivity contribution >= 4 is 22.7 Å². The van der Waals surface area contributed by atoms with E-state index >= 15 is 0 Å². The molecule has 0 bridgehead atoms. The van der Waals surface area contributed by atoms with E-state index in [0.717, 1.165) is 25.6 Å². The summed E-state index contributed by atoms with van der Waals surface area (Å²) in [6, 6.07) is 21.6. The number of rotatable bonds is 1. The van der Waals surface area contributed by atoms with Crippen molar-refractivity contribution in [3.8, 4) is 0 Å². The van der Waals surface area contributed by atoms with E-state index in [9.17, 15) is 13.2 Å².